The molecule has 1 heterocycles. The Morgan fingerprint density at radius 3 is 2.59 bits per heavy atom. The highest BCUT2D eigenvalue weighted by Gasteiger charge is 2.35. The number of hydrogen-bond acceptors (Lipinski definition) is 9. The van der Waals surface area contributed by atoms with E-state index in [0.717, 1.165) is 18.3 Å². The molecular weight excluding hydrogens is 522 g/mol. The van der Waals surface area contributed by atoms with Crippen LogP contribution in [-0.4, -0.2) is 34.8 Å². The first-order valence-corrected chi connectivity index (χ1v) is 12.9. The maximum atomic E-state index is 13.0. The monoisotopic (exact) mass is 535 g/mol. The van der Waals surface area contributed by atoms with Crippen LogP contribution in [0, 0.1) is 11.3 Å². The number of phenolic OH excluding ortho intramolecular Hbond substituents is 2. The van der Waals surface area contributed by atoms with Gasteiger partial charge in [0.1, 0.15) is 17.0 Å². The van der Waals surface area contributed by atoms with Crippen molar-refractivity contribution in [2.24, 2.45) is 0 Å². The molecule has 0 aliphatic rings. The Bertz CT molecular complexity index is 1440. The summed E-state index contributed by atoms with van der Waals surface area (Å²) in [7, 11) is -9.23. The van der Waals surface area contributed by atoms with Gasteiger partial charge in [-0.25, -0.2) is 18.0 Å². The summed E-state index contributed by atoms with van der Waals surface area (Å²) in [4.78, 5) is 13.8. The molecule has 16 heteroatoms. The number of nitrogens with zero attached hydrogens (tertiary/aromatic N) is 2. The van der Waals surface area contributed by atoms with Gasteiger partial charge in [-0.05, 0) is 30.3 Å². The molecule has 4 N–H and O–H groups in total. The van der Waals surface area contributed by atoms with Crippen molar-refractivity contribution >= 4 is 29.0 Å². The maximum Gasteiger partial charge on any atom is 0.417 e. The Labute approximate surface area is 194 Å². The molecule has 0 fully saturated rings. The summed E-state index contributed by atoms with van der Waals surface area (Å²) in [5.41, 5.74) is -2.07. The molecule has 1 atom stereocenters. The van der Waals surface area contributed by atoms with E-state index in [-0.39, 0.29) is 10.6 Å². The molecule has 1 unspecified atom stereocenters. The number of alkyl halides is 3. The highest BCUT2D eigenvalue weighted by molar-refractivity contribution is 7.92. The molecule has 3 rings (SSSR count). The molecule has 10 nitrogen and oxygen atoms in total. The lowest BCUT2D eigenvalue weighted by Crippen LogP contribution is -2.25. The van der Waals surface area contributed by atoms with E-state index in [1.807, 2.05) is 4.72 Å². The largest absolute Gasteiger partial charge is 0.504 e. The van der Waals surface area contributed by atoms with Crippen molar-refractivity contribution in [1.82, 2.24) is 9.71 Å². The molecule has 0 saturated heterocycles. The van der Waals surface area contributed by atoms with Crippen molar-refractivity contribution in [1.29, 1.82) is 5.26 Å². The van der Waals surface area contributed by atoms with E-state index < -0.39 is 62.7 Å². The van der Waals surface area contributed by atoms with Crippen LogP contribution in [0.5, 0.6) is 17.2 Å². The molecule has 180 valence electrons. The number of thiazole rings is 1. The van der Waals surface area contributed by atoms with Crippen LogP contribution in [-0.2, 0) is 20.8 Å². The van der Waals surface area contributed by atoms with Crippen LogP contribution in [0.25, 0.3) is 10.6 Å². The van der Waals surface area contributed by atoms with Crippen molar-refractivity contribution in [3.05, 3.63) is 53.7 Å². The second kappa shape index (κ2) is 9.24. The van der Waals surface area contributed by atoms with E-state index in [1.165, 1.54) is 24.3 Å². The third-order valence-corrected chi connectivity index (χ3v) is 8.27. The normalized spacial score (nSPS) is 13.7. The van der Waals surface area contributed by atoms with Crippen molar-refractivity contribution in [2.45, 2.75) is 10.4 Å². The number of nitrogens with one attached hydrogen (secondary N) is 1. The number of phenols is 2. The summed E-state index contributed by atoms with van der Waals surface area (Å²) >= 11 is 0.579. The molecule has 0 amide bonds. The van der Waals surface area contributed by atoms with Gasteiger partial charge in [0.25, 0.3) is 10.0 Å². The van der Waals surface area contributed by atoms with Gasteiger partial charge in [-0.1, -0.05) is 6.07 Å². The van der Waals surface area contributed by atoms with E-state index in [1.54, 1.807) is 0 Å². The van der Waals surface area contributed by atoms with Crippen LogP contribution in [0.3, 0.4) is 0 Å². The summed E-state index contributed by atoms with van der Waals surface area (Å²) < 4.78 is 82.4. The van der Waals surface area contributed by atoms with Gasteiger partial charge in [0.05, 0.1) is 29.0 Å². The highest BCUT2D eigenvalue weighted by Crippen LogP contribution is 2.44. The third kappa shape index (κ3) is 5.66. The minimum Gasteiger partial charge on any atom is -0.504 e. The van der Waals surface area contributed by atoms with Crippen LogP contribution in [0.2, 0.25) is 0 Å². The quantitative estimate of drug-likeness (QED) is 0.261. The number of aromatic hydroxyl groups is 2. The molecule has 0 radical (unpaired) electrons. The smallest absolute Gasteiger partial charge is 0.417 e. The summed E-state index contributed by atoms with van der Waals surface area (Å²) in [5, 5.41) is 28.3. The van der Waals surface area contributed by atoms with Gasteiger partial charge in [0.15, 0.2) is 15.7 Å². The van der Waals surface area contributed by atoms with E-state index in [9.17, 15) is 41.3 Å². The molecule has 0 spiro atoms. The first-order valence-electron chi connectivity index (χ1n) is 8.83. The molecule has 0 saturated carbocycles. The number of halogens is 3. The Morgan fingerprint density at radius 2 is 1.94 bits per heavy atom. The molecule has 3 aromatic rings. The minimum atomic E-state index is -4.93. The predicted molar refractivity (Wildman–Crippen MR) is 113 cm³/mol. The summed E-state index contributed by atoms with van der Waals surface area (Å²) in [6.45, 7) is 0. The van der Waals surface area contributed by atoms with Gasteiger partial charge in [-0.15, -0.1) is 11.3 Å². The van der Waals surface area contributed by atoms with Crippen LogP contribution in [0.4, 0.5) is 13.2 Å². The SMILES string of the molecule is N#Cc1ccc(OP(=O)(O)CNS(=O)(=O)c2cnc(-c3cccc(O)c3O)s2)cc1C(F)(F)F. The van der Waals surface area contributed by atoms with Crippen molar-refractivity contribution < 1.29 is 45.8 Å². The second-order valence-corrected chi connectivity index (χ2v) is 11.3. The van der Waals surface area contributed by atoms with Gasteiger partial charge in [0.2, 0.25) is 0 Å². The van der Waals surface area contributed by atoms with Crippen molar-refractivity contribution in [3.63, 3.8) is 0 Å². The number of rotatable bonds is 7. The summed E-state index contributed by atoms with van der Waals surface area (Å²) in [6.07, 6.45) is -5.22. The lowest BCUT2D eigenvalue weighted by Gasteiger charge is -2.16. The fourth-order valence-electron chi connectivity index (χ4n) is 2.56. The van der Waals surface area contributed by atoms with Crippen LogP contribution < -0.4 is 9.25 Å². The number of sulfonamides is 1. The molecule has 0 bridgehead atoms. The van der Waals surface area contributed by atoms with Crippen LogP contribution >= 0.6 is 18.9 Å². The average molecular weight is 535 g/mol. The zero-order valence-electron chi connectivity index (χ0n) is 16.5. The number of nitriles is 1. The van der Waals surface area contributed by atoms with Crippen LogP contribution in [0.15, 0.2) is 46.8 Å². The molecule has 2 aromatic carbocycles. The van der Waals surface area contributed by atoms with E-state index in [4.69, 9.17) is 5.26 Å². The topological polar surface area (TPSA) is 170 Å². The predicted octanol–water partition coefficient (Wildman–Crippen LogP) is 3.61. The average Bonchev–Trinajstić information content (AvgIpc) is 3.25. The zero-order chi connectivity index (χ0) is 25.3. The zero-order valence-corrected chi connectivity index (χ0v) is 19.0. The second-order valence-electron chi connectivity index (χ2n) is 6.51. The molecule has 0 aliphatic carbocycles. The van der Waals surface area contributed by atoms with Gasteiger partial charge in [-0.3, -0.25) is 0 Å². The number of aromatic nitrogens is 1. The Kier molecular flexibility index (Phi) is 6.92. The fourth-order valence-corrected chi connectivity index (χ4v) is 6.26. The lowest BCUT2D eigenvalue weighted by molar-refractivity contribution is -0.137. The number of para-hydroxylation sites is 1. The first-order chi connectivity index (χ1) is 15.7. The first kappa shape index (κ1) is 25.5. The van der Waals surface area contributed by atoms with Gasteiger partial charge in [0, 0.05) is 0 Å². The number of benzene rings is 2. The van der Waals surface area contributed by atoms with Gasteiger partial charge >= 0.3 is 13.8 Å². The summed E-state index contributed by atoms with van der Waals surface area (Å²) in [5.74, 6) is -1.68. The van der Waals surface area contributed by atoms with Crippen LogP contribution in [0.1, 0.15) is 11.1 Å². The Morgan fingerprint density at radius 1 is 1.24 bits per heavy atom. The van der Waals surface area contributed by atoms with E-state index in [2.05, 4.69) is 9.51 Å². The van der Waals surface area contributed by atoms with Gasteiger partial charge < -0.3 is 19.6 Å². The Hall–Kier alpha value is -3.15. The molecule has 0 aliphatic heterocycles. The van der Waals surface area contributed by atoms with E-state index >= 15 is 0 Å². The number of hydrogen-bond donors (Lipinski definition) is 4. The standard InChI is InChI=1S/C18H13F3N3O7PS2/c19-18(20,21)13-6-11(5-4-10(13)7-22)31-32(27,28)9-24-34(29,30)15-8-23-17(33-15)12-2-1-3-14(25)16(12)26/h1-6,8,24-26H,9H2,(H,27,28). The van der Waals surface area contributed by atoms with Gasteiger partial charge in [-0.2, -0.15) is 23.2 Å². The summed E-state index contributed by atoms with van der Waals surface area (Å²) in [6, 6.07) is 7.28. The minimum absolute atomic E-state index is 0.0227. The van der Waals surface area contributed by atoms with Crippen molar-refractivity contribution in [3.8, 4) is 33.9 Å². The lowest BCUT2D eigenvalue weighted by atomic mass is 10.1. The molecule has 1 aromatic heterocycles. The Balaban J connectivity index is 1.76. The highest BCUT2D eigenvalue weighted by atomic mass is 32.2. The molecular formula is C18H13F3N3O7PS2. The maximum absolute atomic E-state index is 13.0. The third-order valence-electron chi connectivity index (χ3n) is 4.11. The van der Waals surface area contributed by atoms with E-state index in [0.29, 0.717) is 17.4 Å². The fraction of sp³-hybridized carbons (Fsp3) is 0.111. The van der Waals surface area contributed by atoms with Crippen molar-refractivity contribution in [2.75, 3.05) is 6.29 Å². The molecule has 34 heavy (non-hydrogen) atoms.